The minimum atomic E-state index is 1.14. The molecular weight excluding hydrogens is 324 g/mol. The molecule has 0 amide bonds. The van der Waals surface area contributed by atoms with Crippen LogP contribution in [-0.2, 0) is 0 Å². The summed E-state index contributed by atoms with van der Waals surface area (Å²) in [5, 5.41) is 0. The van der Waals surface area contributed by atoms with E-state index in [0.717, 1.165) is 5.57 Å². The lowest BCUT2D eigenvalue weighted by molar-refractivity contribution is 1.50. The normalized spacial score (nSPS) is 13.9. The van der Waals surface area contributed by atoms with Crippen molar-refractivity contribution in [2.45, 2.75) is 20.8 Å². The smallest absolute Gasteiger partial charge is 0.00271 e. The Bertz CT molecular complexity index is 886. The van der Waals surface area contributed by atoms with Crippen LogP contribution in [0.2, 0.25) is 0 Å². The first-order valence-electron chi connectivity index (χ1n) is 9.37. The second-order valence-corrected chi connectivity index (χ2v) is 6.08. The van der Waals surface area contributed by atoms with E-state index in [2.05, 4.69) is 118 Å². The van der Waals surface area contributed by atoms with Gasteiger partial charge in [0.15, 0.2) is 0 Å². The van der Waals surface area contributed by atoms with Gasteiger partial charge in [0.2, 0.25) is 0 Å². The van der Waals surface area contributed by atoms with Crippen LogP contribution in [0.3, 0.4) is 0 Å². The molecule has 0 aliphatic rings. The highest BCUT2D eigenvalue weighted by Crippen LogP contribution is 2.38. The summed E-state index contributed by atoms with van der Waals surface area (Å²) in [6, 6.07) is 21.1. The molecule has 2 aromatic carbocycles. The van der Waals surface area contributed by atoms with Gasteiger partial charge in [-0.05, 0) is 54.2 Å². The van der Waals surface area contributed by atoms with Gasteiger partial charge in [0.05, 0.1) is 0 Å². The first-order valence-corrected chi connectivity index (χ1v) is 9.37. The van der Waals surface area contributed by atoms with Crippen LogP contribution in [0.5, 0.6) is 0 Å². The molecule has 0 radical (unpaired) electrons. The molecule has 0 aliphatic heterocycles. The van der Waals surface area contributed by atoms with Gasteiger partial charge in [0.25, 0.3) is 0 Å². The Labute approximate surface area is 164 Å². The maximum absolute atomic E-state index is 3.93. The van der Waals surface area contributed by atoms with E-state index in [1.54, 1.807) is 0 Å². The Morgan fingerprint density at radius 2 is 1.11 bits per heavy atom. The summed E-state index contributed by atoms with van der Waals surface area (Å²) in [6.45, 7) is 10.1. The molecular formula is C27H28. The van der Waals surface area contributed by atoms with Gasteiger partial charge in [-0.25, -0.2) is 0 Å². The van der Waals surface area contributed by atoms with Gasteiger partial charge in [-0.1, -0.05) is 110 Å². The molecule has 0 saturated carbocycles. The fourth-order valence-electron chi connectivity index (χ4n) is 3.15. The predicted molar refractivity (Wildman–Crippen MR) is 121 cm³/mol. The van der Waals surface area contributed by atoms with Crippen molar-refractivity contribution in [1.29, 1.82) is 0 Å². The van der Waals surface area contributed by atoms with Gasteiger partial charge in [-0.3, -0.25) is 0 Å². The molecule has 136 valence electrons. The van der Waals surface area contributed by atoms with E-state index >= 15 is 0 Å². The lowest BCUT2D eigenvalue weighted by atomic mass is 9.84. The number of hydrogen-bond acceptors (Lipinski definition) is 0. The molecule has 0 bridgehead atoms. The largest absolute Gasteiger partial charge is 0.0990 e. The van der Waals surface area contributed by atoms with Gasteiger partial charge < -0.3 is 0 Å². The second-order valence-electron chi connectivity index (χ2n) is 6.08. The number of hydrogen-bond donors (Lipinski definition) is 0. The van der Waals surface area contributed by atoms with Crippen LogP contribution in [-0.4, -0.2) is 0 Å². The molecule has 27 heavy (non-hydrogen) atoms. The molecule has 0 unspecified atom stereocenters. The molecule has 0 atom stereocenters. The third-order valence-corrected chi connectivity index (χ3v) is 4.25. The summed E-state index contributed by atoms with van der Waals surface area (Å²) in [7, 11) is 0. The average molecular weight is 353 g/mol. The average Bonchev–Trinajstić information content (AvgIpc) is 2.72. The Hall–Kier alpha value is -3.12. The molecule has 0 N–H and O–H groups in total. The molecule has 0 heterocycles. The van der Waals surface area contributed by atoms with E-state index in [1.807, 2.05) is 13.0 Å². The molecule has 0 nitrogen and oxygen atoms in total. The molecule has 2 rings (SSSR count). The van der Waals surface area contributed by atoms with Gasteiger partial charge >= 0.3 is 0 Å². The number of benzene rings is 2. The lowest BCUT2D eigenvalue weighted by Crippen LogP contribution is -1.98. The molecule has 0 aromatic heterocycles. The van der Waals surface area contributed by atoms with Crippen LogP contribution in [0.4, 0.5) is 0 Å². The Morgan fingerprint density at radius 3 is 1.52 bits per heavy atom. The van der Waals surface area contributed by atoms with E-state index in [9.17, 15) is 0 Å². The van der Waals surface area contributed by atoms with E-state index in [0.29, 0.717) is 0 Å². The minimum absolute atomic E-state index is 1.14. The third-order valence-electron chi connectivity index (χ3n) is 4.25. The SMILES string of the molecule is C=C/C=C(\C=C/C)C(=C(C(/C=C\C)=C/C)\c1ccccc1)/c1ccccc1. The quantitative estimate of drug-likeness (QED) is 0.352. The number of allylic oxidation sites excluding steroid dienone is 11. The van der Waals surface area contributed by atoms with E-state index < -0.39 is 0 Å². The van der Waals surface area contributed by atoms with Crippen molar-refractivity contribution in [2.75, 3.05) is 0 Å². The Kier molecular flexibility index (Phi) is 8.06. The van der Waals surface area contributed by atoms with Gasteiger partial charge in [-0.15, -0.1) is 0 Å². The van der Waals surface area contributed by atoms with Crippen molar-refractivity contribution in [2.24, 2.45) is 0 Å². The fraction of sp³-hybridized carbons (Fsp3) is 0.111. The van der Waals surface area contributed by atoms with Crippen LogP contribution < -0.4 is 0 Å². The second kappa shape index (κ2) is 10.8. The maximum atomic E-state index is 3.93. The summed E-state index contributed by atoms with van der Waals surface area (Å²) in [6.07, 6.45) is 14.6. The molecule has 0 heteroatoms. The zero-order chi connectivity index (χ0) is 19.5. The number of rotatable bonds is 7. The predicted octanol–water partition coefficient (Wildman–Crippen LogP) is 7.81. The summed E-state index contributed by atoms with van der Waals surface area (Å²) >= 11 is 0. The zero-order valence-corrected chi connectivity index (χ0v) is 16.5. The van der Waals surface area contributed by atoms with E-state index in [-0.39, 0.29) is 0 Å². The zero-order valence-electron chi connectivity index (χ0n) is 16.5. The summed E-state index contributed by atoms with van der Waals surface area (Å²) in [5.41, 5.74) is 7.14. The van der Waals surface area contributed by atoms with E-state index in [1.165, 1.54) is 27.8 Å². The van der Waals surface area contributed by atoms with Crippen molar-refractivity contribution in [3.8, 4) is 0 Å². The van der Waals surface area contributed by atoms with Crippen LogP contribution in [0.15, 0.2) is 121 Å². The van der Waals surface area contributed by atoms with Crippen molar-refractivity contribution >= 4 is 11.1 Å². The van der Waals surface area contributed by atoms with Gasteiger partial charge in [0, 0.05) is 0 Å². The summed E-state index contributed by atoms with van der Waals surface area (Å²) in [4.78, 5) is 0. The van der Waals surface area contributed by atoms with E-state index in [4.69, 9.17) is 0 Å². The summed E-state index contributed by atoms with van der Waals surface area (Å²) < 4.78 is 0. The third kappa shape index (κ3) is 5.18. The fourth-order valence-corrected chi connectivity index (χ4v) is 3.15. The first kappa shape index (κ1) is 20.2. The van der Waals surface area contributed by atoms with Crippen molar-refractivity contribution in [3.63, 3.8) is 0 Å². The highest BCUT2D eigenvalue weighted by Gasteiger charge is 2.16. The van der Waals surface area contributed by atoms with Crippen molar-refractivity contribution in [3.05, 3.63) is 132 Å². The van der Waals surface area contributed by atoms with Crippen LogP contribution in [0, 0.1) is 0 Å². The topological polar surface area (TPSA) is 0 Å². The highest BCUT2D eigenvalue weighted by atomic mass is 14.2. The maximum Gasteiger partial charge on any atom is -0.00271 e. The Morgan fingerprint density at radius 1 is 0.667 bits per heavy atom. The monoisotopic (exact) mass is 352 g/mol. The molecule has 2 aromatic rings. The standard InChI is InChI=1S/C27H28/c1-5-15-22(8-4)26(24-18-11-9-12-19-24)27(23(16-6-2)17-7-3)25-20-13-10-14-21-25/h5-21H,2H2,1,3-4H3/b15-5-,17-7-,22-8+,23-16+,27-26+. The van der Waals surface area contributed by atoms with Crippen LogP contribution in [0.1, 0.15) is 31.9 Å². The minimum Gasteiger partial charge on any atom is -0.0990 e. The van der Waals surface area contributed by atoms with Crippen LogP contribution in [0.25, 0.3) is 11.1 Å². The van der Waals surface area contributed by atoms with Gasteiger partial charge in [-0.2, -0.15) is 0 Å². The van der Waals surface area contributed by atoms with Crippen molar-refractivity contribution in [1.82, 2.24) is 0 Å². The first-order chi connectivity index (χ1) is 13.3. The molecule has 0 aliphatic carbocycles. The Balaban J connectivity index is 2.99. The molecule has 0 saturated heterocycles. The summed E-state index contributed by atoms with van der Waals surface area (Å²) in [5.74, 6) is 0. The molecule has 0 fully saturated rings. The molecule has 0 spiro atoms. The highest BCUT2D eigenvalue weighted by molar-refractivity contribution is 6.06. The van der Waals surface area contributed by atoms with Crippen molar-refractivity contribution < 1.29 is 0 Å². The van der Waals surface area contributed by atoms with Crippen LogP contribution >= 0.6 is 0 Å². The lowest BCUT2D eigenvalue weighted by Gasteiger charge is -2.19. The van der Waals surface area contributed by atoms with Gasteiger partial charge in [0.1, 0.15) is 0 Å².